The first-order chi connectivity index (χ1) is 4.97. The van der Waals surface area contributed by atoms with E-state index in [2.05, 4.69) is 29.4 Å². The van der Waals surface area contributed by atoms with Gasteiger partial charge >= 0.3 is 0 Å². The smallest absolute Gasteiger partial charge is 0.0766 e. The highest BCUT2D eigenvalue weighted by atomic mass is 32.2. The summed E-state index contributed by atoms with van der Waals surface area (Å²) in [5, 5.41) is 2.20. The third-order valence-electron chi connectivity index (χ3n) is 1.45. The highest BCUT2D eigenvalue weighted by Crippen LogP contribution is 2.37. The van der Waals surface area contributed by atoms with Crippen LogP contribution in [0.5, 0.6) is 0 Å². The molecular formula is C8H7S2. The van der Waals surface area contributed by atoms with Gasteiger partial charge in [0.15, 0.2) is 0 Å². The maximum atomic E-state index is 2.20. The van der Waals surface area contributed by atoms with Gasteiger partial charge in [-0.25, -0.2) is 0 Å². The van der Waals surface area contributed by atoms with Gasteiger partial charge in [-0.05, 0) is 11.6 Å². The van der Waals surface area contributed by atoms with E-state index in [1.54, 1.807) is 0 Å². The van der Waals surface area contributed by atoms with E-state index in [-0.39, 0.29) is 0 Å². The minimum atomic E-state index is 1.14. The van der Waals surface area contributed by atoms with Gasteiger partial charge in [0.1, 0.15) is 0 Å². The Morgan fingerprint density at radius 2 is 2.10 bits per heavy atom. The Labute approximate surface area is 69.4 Å². The summed E-state index contributed by atoms with van der Waals surface area (Å²) in [5.41, 5.74) is 1.47. The second-order valence-corrected chi connectivity index (χ2v) is 4.20. The van der Waals surface area contributed by atoms with Crippen LogP contribution >= 0.6 is 23.5 Å². The molecule has 0 nitrogen and oxygen atoms in total. The second-order valence-electron chi connectivity index (χ2n) is 2.13. The van der Waals surface area contributed by atoms with Crippen LogP contribution in [0.15, 0.2) is 29.2 Å². The van der Waals surface area contributed by atoms with Crippen molar-refractivity contribution < 1.29 is 0 Å². The highest BCUT2D eigenvalue weighted by molar-refractivity contribution is 8.19. The van der Waals surface area contributed by atoms with Gasteiger partial charge in [-0.1, -0.05) is 18.2 Å². The summed E-state index contributed by atoms with van der Waals surface area (Å²) in [4.78, 5) is 1.42. The molecule has 1 aromatic rings. The molecule has 0 aliphatic carbocycles. The van der Waals surface area contributed by atoms with Crippen LogP contribution in [0, 0.1) is 5.08 Å². The molecule has 0 aromatic heterocycles. The molecule has 1 aliphatic rings. The lowest BCUT2D eigenvalue weighted by atomic mass is 10.2. The molecular weight excluding hydrogens is 160 g/mol. The molecule has 1 aliphatic heterocycles. The maximum absolute atomic E-state index is 2.20. The number of rotatable bonds is 0. The molecule has 0 bridgehead atoms. The fraction of sp³-hybridized carbons (Fsp3) is 0.125. The Balaban J connectivity index is 2.41. The standard InChI is InChI=1S/C8H7S2/c1-2-4-8-7(3-1)5-9-6-10-8/h1-4,6H,5H2. The predicted octanol–water partition coefficient (Wildman–Crippen LogP) is 3.14. The average molecular weight is 167 g/mol. The molecule has 0 saturated heterocycles. The van der Waals surface area contributed by atoms with E-state index in [1.165, 1.54) is 10.5 Å². The number of benzene rings is 1. The molecule has 0 unspecified atom stereocenters. The van der Waals surface area contributed by atoms with Crippen LogP contribution in [-0.4, -0.2) is 0 Å². The number of hydrogen-bond acceptors (Lipinski definition) is 2. The zero-order chi connectivity index (χ0) is 6.81. The van der Waals surface area contributed by atoms with Crippen molar-refractivity contribution in [3.05, 3.63) is 34.9 Å². The van der Waals surface area contributed by atoms with E-state index >= 15 is 0 Å². The van der Waals surface area contributed by atoms with Crippen LogP contribution in [0.4, 0.5) is 0 Å². The molecule has 10 heavy (non-hydrogen) atoms. The third kappa shape index (κ3) is 1.18. The summed E-state index contributed by atoms with van der Waals surface area (Å²) >= 11 is 3.70. The number of thioether (sulfide) groups is 2. The second kappa shape index (κ2) is 2.89. The number of hydrogen-bond donors (Lipinski definition) is 0. The van der Waals surface area contributed by atoms with E-state index in [0.717, 1.165) is 5.75 Å². The van der Waals surface area contributed by atoms with Gasteiger partial charge in [-0.2, -0.15) is 0 Å². The molecule has 1 heterocycles. The van der Waals surface area contributed by atoms with Crippen LogP contribution in [-0.2, 0) is 5.75 Å². The van der Waals surface area contributed by atoms with Crippen molar-refractivity contribution >= 4 is 23.5 Å². The average Bonchev–Trinajstić information content (AvgIpc) is 2.05. The van der Waals surface area contributed by atoms with E-state index in [1.807, 2.05) is 23.5 Å². The summed E-state index contributed by atoms with van der Waals surface area (Å²) in [6, 6.07) is 8.57. The molecule has 0 amide bonds. The van der Waals surface area contributed by atoms with Crippen molar-refractivity contribution in [3.63, 3.8) is 0 Å². The quantitative estimate of drug-likeness (QED) is 0.582. The molecule has 0 N–H and O–H groups in total. The summed E-state index contributed by atoms with van der Waals surface area (Å²) < 4.78 is 0. The minimum Gasteiger partial charge on any atom is -0.140 e. The Morgan fingerprint density at radius 3 is 3.00 bits per heavy atom. The highest BCUT2D eigenvalue weighted by Gasteiger charge is 2.07. The van der Waals surface area contributed by atoms with Crippen molar-refractivity contribution in [3.8, 4) is 0 Å². The van der Waals surface area contributed by atoms with Crippen molar-refractivity contribution in [2.45, 2.75) is 10.6 Å². The summed E-state index contributed by atoms with van der Waals surface area (Å²) in [7, 11) is 0. The van der Waals surface area contributed by atoms with Gasteiger partial charge in [-0.15, -0.1) is 23.5 Å². The fourth-order valence-electron chi connectivity index (χ4n) is 0.948. The first kappa shape index (κ1) is 6.62. The van der Waals surface area contributed by atoms with Gasteiger partial charge in [0.05, 0.1) is 5.08 Å². The SMILES string of the molecule is [CH]1SCc2ccccc2S1. The van der Waals surface area contributed by atoms with Crippen LogP contribution in [0.25, 0.3) is 0 Å². The molecule has 2 heteroatoms. The van der Waals surface area contributed by atoms with Gasteiger partial charge < -0.3 is 0 Å². The van der Waals surface area contributed by atoms with Gasteiger partial charge in [0, 0.05) is 10.6 Å². The third-order valence-corrected chi connectivity index (χ3v) is 3.51. The van der Waals surface area contributed by atoms with Crippen LogP contribution in [0.3, 0.4) is 0 Å². The molecule has 0 atom stereocenters. The molecule has 51 valence electrons. The summed E-state index contributed by atoms with van der Waals surface area (Å²) in [6.07, 6.45) is 0. The van der Waals surface area contributed by atoms with Crippen LogP contribution in [0.2, 0.25) is 0 Å². The fourth-order valence-corrected chi connectivity index (χ4v) is 2.88. The van der Waals surface area contributed by atoms with E-state index in [4.69, 9.17) is 0 Å². The van der Waals surface area contributed by atoms with Crippen molar-refractivity contribution in [1.82, 2.24) is 0 Å². The van der Waals surface area contributed by atoms with Gasteiger partial charge in [0.25, 0.3) is 0 Å². The maximum Gasteiger partial charge on any atom is 0.0766 e. The minimum absolute atomic E-state index is 1.14. The van der Waals surface area contributed by atoms with E-state index < -0.39 is 0 Å². The number of fused-ring (bicyclic) bond motifs is 1. The largest absolute Gasteiger partial charge is 0.140 e. The lowest BCUT2D eigenvalue weighted by Crippen LogP contribution is -1.87. The zero-order valence-electron chi connectivity index (χ0n) is 5.41. The molecule has 0 spiro atoms. The monoisotopic (exact) mass is 167 g/mol. The summed E-state index contributed by atoms with van der Waals surface area (Å²) in [5.74, 6) is 1.14. The normalized spacial score (nSPS) is 16.4. The van der Waals surface area contributed by atoms with E-state index in [9.17, 15) is 0 Å². The first-order valence-corrected chi connectivity index (χ1v) is 5.07. The Morgan fingerprint density at radius 1 is 1.20 bits per heavy atom. The van der Waals surface area contributed by atoms with Gasteiger partial charge in [0.2, 0.25) is 0 Å². The molecule has 1 radical (unpaired) electrons. The Kier molecular flexibility index (Phi) is 1.91. The van der Waals surface area contributed by atoms with Crippen molar-refractivity contribution in [2.24, 2.45) is 0 Å². The zero-order valence-corrected chi connectivity index (χ0v) is 7.04. The topological polar surface area (TPSA) is 0 Å². The lowest BCUT2D eigenvalue weighted by molar-refractivity contribution is 1.27. The Bertz CT molecular complexity index is 207. The molecule has 2 rings (SSSR count). The molecule has 0 fully saturated rings. The van der Waals surface area contributed by atoms with Crippen molar-refractivity contribution in [1.29, 1.82) is 0 Å². The van der Waals surface area contributed by atoms with Gasteiger partial charge in [-0.3, -0.25) is 0 Å². The predicted molar refractivity (Wildman–Crippen MR) is 47.9 cm³/mol. The first-order valence-electron chi connectivity index (χ1n) is 3.15. The summed E-state index contributed by atoms with van der Waals surface area (Å²) in [6.45, 7) is 0. The van der Waals surface area contributed by atoms with Crippen LogP contribution < -0.4 is 0 Å². The van der Waals surface area contributed by atoms with Crippen LogP contribution in [0.1, 0.15) is 5.56 Å². The van der Waals surface area contributed by atoms with E-state index in [0.29, 0.717) is 0 Å². The molecule has 0 saturated carbocycles. The Hall–Kier alpha value is -0.0800. The lowest BCUT2D eigenvalue weighted by Gasteiger charge is -2.12. The molecule has 1 aromatic carbocycles. The van der Waals surface area contributed by atoms with Crippen molar-refractivity contribution in [2.75, 3.05) is 0 Å².